The summed E-state index contributed by atoms with van der Waals surface area (Å²) >= 11 is 0. The summed E-state index contributed by atoms with van der Waals surface area (Å²) in [4.78, 5) is 16.9. The van der Waals surface area contributed by atoms with Crippen molar-refractivity contribution in [3.05, 3.63) is 59.5 Å². The molecule has 0 N–H and O–H groups in total. The number of carbonyl (C=O) groups is 1. The van der Waals surface area contributed by atoms with E-state index in [-0.39, 0.29) is 5.78 Å². The number of aryl methyl sites for hydroxylation is 1. The van der Waals surface area contributed by atoms with Crippen molar-refractivity contribution in [3.8, 4) is 0 Å². The standard InChI is InChI=1S/C15H13N3O/c1-10-13(9-17-18(10)2)15(19)12-5-3-7-14-11(12)6-4-8-16-14/h3-9H,1-2H3. The molecule has 0 aliphatic heterocycles. The third-order valence-corrected chi connectivity index (χ3v) is 3.37. The molecule has 19 heavy (non-hydrogen) atoms. The molecule has 1 aromatic carbocycles. The molecule has 0 aliphatic rings. The average Bonchev–Trinajstić information content (AvgIpc) is 2.78. The molecule has 0 fully saturated rings. The molecular formula is C15H13N3O. The first-order chi connectivity index (χ1) is 9.18. The van der Waals surface area contributed by atoms with Crippen LogP contribution in [0.25, 0.3) is 10.9 Å². The van der Waals surface area contributed by atoms with Crippen LogP contribution in [0.2, 0.25) is 0 Å². The van der Waals surface area contributed by atoms with Gasteiger partial charge in [-0.15, -0.1) is 0 Å². The highest BCUT2D eigenvalue weighted by Gasteiger charge is 2.17. The second-order valence-electron chi connectivity index (χ2n) is 4.47. The topological polar surface area (TPSA) is 47.8 Å². The summed E-state index contributed by atoms with van der Waals surface area (Å²) in [5, 5.41) is 5.00. The molecule has 4 heteroatoms. The van der Waals surface area contributed by atoms with Crippen LogP contribution in [0.5, 0.6) is 0 Å². The molecule has 0 unspecified atom stereocenters. The Balaban J connectivity index is 2.20. The maximum absolute atomic E-state index is 12.6. The molecule has 2 aromatic heterocycles. The van der Waals surface area contributed by atoms with Gasteiger partial charge in [0, 0.05) is 29.9 Å². The van der Waals surface area contributed by atoms with Crippen molar-refractivity contribution >= 4 is 16.7 Å². The largest absolute Gasteiger partial charge is 0.288 e. The highest BCUT2D eigenvalue weighted by molar-refractivity contribution is 6.16. The van der Waals surface area contributed by atoms with Gasteiger partial charge in [-0.2, -0.15) is 5.10 Å². The van der Waals surface area contributed by atoms with E-state index in [1.165, 1.54) is 0 Å². The molecule has 3 aromatic rings. The monoisotopic (exact) mass is 251 g/mol. The predicted octanol–water partition coefficient (Wildman–Crippen LogP) is 2.51. The van der Waals surface area contributed by atoms with E-state index in [1.54, 1.807) is 17.1 Å². The summed E-state index contributed by atoms with van der Waals surface area (Å²) < 4.78 is 1.70. The van der Waals surface area contributed by atoms with Crippen molar-refractivity contribution in [1.29, 1.82) is 0 Å². The molecule has 0 saturated heterocycles. The number of benzene rings is 1. The van der Waals surface area contributed by atoms with Crippen LogP contribution in [0.3, 0.4) is 0 Å². The summed E-state index contributed by atoms with van der Waals surface area (Å²) in [6.45, 7) is 1.89. The molecule has 94 valence electrons. The first-order valence-corrected chi connectivity index (χ1v) is 6.05. The Morgan fingerprint density at radius 3 is 2.74 bits per heavy atom. The van der Waals surface area contributed by atoms with Gasteiger partial charge in [0.25, 0.3) is 0 Å². The molecule has 0 spiro atoms. The molecule has 4 nitrogen and oxygen atoms in total. The predicted molar refractivity (Wildman–Crippen MR) is 73.1 cm³/mol. The van der Waals surface area contributed by atoms with Gasteiger partial charge in [0.2, 0.25) is 0 Å². The molecule has 0 amide bonds. The number of aromatic nitrogens is 3. The van der Waals surface area contributed by atoms with Gasteiger partial charge in [0.1, 0.15) is 0 Å². The fourth-order valence-corrected chi connectivity index (χ4v) is 2.17. The molecule has 0 radical (unpaired) electrons. The zero-order valence-electron chi connectivity index (χ0n) is 10.8. The van der Waals surface area contributed by atoms with E-state index >= 15 is 0 Å². The fraction of sp³-hybridized carbons (Fsp3) is 0.133. The SMILES string of the molecule is Cc1c(C(=O)c2cccc3ncccc23)cnn1C. The van der Waals surface area contributed by atoms with Crippen LogP contribution >= 0.6 is 0 Å². The fourth-order valence-electron chi connectivity index (χ4n) is 2.17. The van der Waals surface area contributed by atoms with Crippen molar-refractivity contribution in [2.45, 2.75) is 6.92 Å². The van der Waals surface area contributed by atoms with Crippen molar-refractivity contribution < 1.29 is 4.79 Å². The number of rotatable bonds is 2. The van der Waals surface area contributed by atoms with Gasteiger partial charge in [-0.3, -0.25) is 14.5 Å². The third kappa shape index (κ3) is 1.81. The molecular weight excluding hydrogens is 238 g/mol. The summed E-state index contributed by atoms with van der Waals surface area (Å²) in [5.41, 5.74) is 3.00. The van der Waals surface area contributed by atoms with Gasteiger partial charge >= 0.3 is 0 Å². The minimum Gasteiger partial charge on any atom is -0.288 e. The number of hydrogen-bond donors (Lipinski definition) is 0. The van der Waals surface area contributed by atoms with Crippen molar-refractivity contribution in [3.63, 3.8) is 0 Å². The first-order valence-electron chi connectivity index (χ1n) is 6.05. The van der Waals surface area contributed by atoms with E-state index in [0.717, 1.165) is 16.6 Å². The van der Waals surface area contributed by atoms with E-state index in [2.05, 4.69) is 10.1 Å². The van der Waals surface area contributed by atoms with Crippen LogP contribution in [-0.4, -0.2) is 20.5 Å². The van der Waals surface area contributed by atoms with Gasteiger partial charge in [-0.1, -0.05) is 18.2 Å². The smallest absolute Gasteiger partial charge is 0.197 e. The normalized spacial score (nSPS) is 10.8. The van der Waals surface area contributed by atoms with E-state index in [9.17, 15) is 4.79 Å². The summed E-state index contributed by atoms with van der Waals surface area (Å²) in [5.74, 6) is -0.01000. The number of pyridine rings is 1. The van der Waals surface area contributed by atoms with E-state index in [4.69, 9.17) is 0 Å². The van der Waals surface area contributed by atoms with Crippen molar-refractivity contribution in [2.75, 3.05) is 0 Å². The quantitative estimate of drug-likeness (QED) is 0.657. The minimum absolute atomic E-state index is 0.01000. The maximum atomic E-state index is 12.6. The molecule has 0 saturated carbocycles. The van der Waals surface area contributed by atoms with Crippen LogP contribution in [-0.2, 0) is 7.05 Å². The lowest BCUT2D eigenvalue weighted by Gasteiger charge is -2.04. The second kappa shape index (κ2) is 4.31. The maximum Gasteiger partial charge on any atom is 0.197 e. The summed E-state index contributed by atoms with van der Waals surface area (Å²) in [6, 6.07) is 9.35. The first kappa shape index (κ1) is 11.6. The Hall–Kier alpha value is -2.49. The zero-order valence-corrected chi connectivity index (χ0v) is 10.8. The zero-order chi connectivity index (χ0) is 13.4. The average molecular weight is 251 g/mol. The number of carbonyl (C=O) groups excluding carboxylic acids is 1. The number of fused-ring (bicyclic) bond motifs is 1. The molecule has 2 heterocycles. The summed E-state index contributed by atoms with van der Waals surface area (Å²) in [7, 11) is 1.83. The van der Waals surface area contributed by atoms with Gasteiger partial charge < -0.3 is 0 Å². The van der Waals surface area contributed by atoms with E-state index < -0.39 is 0 Å². The third-order valence-electron chi connectivity index (χ3n) is 3.37. The summed E-state index contributed by atoms with van der Waals surface area (Å²) in [6.07, 6.45) is 3.35. The Bertz CT molecular complexity index is 769. The van der Waals surface area contributed by atoms with Crippen LogP contribution in [0.4, 0.5) is 0 Å². The molecule has 0 aliphatic carbocycles. The second-order valence-corrected chi connectivity index (χ2v) is 4.47. The number of nitrogens with zero attached hydrogens (tertiary/aromatic N) is 3. The highest BCUT2D eigenvalue weighted by atomic mass is 16.1. The van der Waals surface area contributed by atoms with Crippen LogP contribution in [0.1, 0.15) is 21.6 Å². The lowest BCUT2D eigenvalue weighted by molar-refractivity contribution is 0.103. The van der Waals surface area contributed by atoms with Crippen LogP contribution in [0.15, 0.2) is 42.7 Å². The molecule has 3 rings (SSSR count). The van der Waals surface area contributed by atoms with Crippen LogP contribution < -0.4 is 0 Å². The number of ketones is 1. The highest BCUT2D eigenvalue weighted by Crippen LogP contribution is 2.21. The Kier molecular flexibility index (Phi) is 2.63. The van der Waals surface area contributed by atoms with E-state index in [1.807, 2.05) is 44.3 Å². The van der Waals surface area contributed by atoms with E-state index in [0.29, 0.717) is 11.1 Å². The van der Waals surface area contributed by atoms with Gasteiger partial charge in [0.15, 0.2) is 5.78 Å². The minimum atomic E-state index is -0.01000. The van der Waals surface area contributed by atoms with Crippen molar-refractivity contribution in [1.82, 2.24) is 14.8 Å². The molecule has 0 bridgehead atoms. The van der Waals surface area contributed by atoms with Gasteiger partial charge in [-0.05, 0) is 19.1 Å². The van der Waals surface area contributed by atoms with Crippen LogP contribution in [0, 0.1) is 6.92 Å². The lowest BCUT2D eigenvalue weighted by Crippen LogP contribution is -2.04. The van der Waals surface area contributed by atoms with Crippen molar-refractivity contribution in [2.24, 2.45) is 7.05 Å². The Morgan fingerprint density at radius 2 is 2.00 bits per heavy atom. The van der Waals surface area contributed by atoms with Gasteiger partial charge in [-0.25, -0.2) is 0 Å². The Labute approximate surface area is 110 Å². The molecule has 0 atom stereocenters. The number of hydrogen-bond acceptors (Lipinski definition) is 3. The lowest BCUT2D eigenvalue weighted by atomic mass is 10.00. The van der Waals surface area contributed by atoms with Gasteiger partial charge in [0.05, 0.1) is 17.3 Å². The Morgan fingerprint density at radius 1 is 1.16 bits per heavy atom.